The van der Waals surface area contributed by atoms with E-state index in [4.69, 9.17) is 4.74 Å². The molecule has 18 heavy (non-hydrogen) atoms. The summed E-state index contributed by atoms with van der Waals surface area (Å²) in [4.78, 5) is 13.9. The lowest BCUT2D eigenvalue weighted by Crippen LogP contribution is -2.42. The molecule has 106 valence electrons. The van der Waals surface area contributed by atoms with Crippen molar-refractivity contribution < 1.29 is 9.53 Å². The molecule has 1 unspecified atom stereocenters. The van der Waals surface area contributed by atoms with Crippen LogP contribution in [-0.2, 0) is 9.53 Å². The number of methoxy groups -OCH3 is 1. The lowest BCUT2D eigenvalue weighted by Gasteiger charge is -2.26. The molecule has 1 aliphatic rings. The monoisotopic (exact) mass is 256 g/mol. The fraction of sp³-hybridized carbons (Fsp3) is 0.929. The second-order valence-corrected chi connectivity index (χ2v) is 5.57. The Balaban J connectivity index is 2.36. The van der Waals surface area contributed by atoms with Crippen LogP contribution in [0.15, 0.2) is 0 Å². The zero-order valence-corrected chi connectivity index (χ0v) is 12.1. The predicted molar refractivity (Wildman–Crippen MR) is 73.6 cm³/mol. The molecule has 1 atom stereocenters. The van der Waals surface area contributed by atoms with Gasteiger partial charge in [0, 0.05) is 13.1 Å². The average Bonchev–Trinajstić information content (AvgIpc) is 2.37. The van der Waals surface area contributed by atoms with Crippen molar-refractivity contribution in [2.75, 3.05) is 34.3 Å². The molecule has 4 nitrogen and oxygen atoms in total. The quantitative estimate of drug-likeness (QED) is 0.703. The highest BCUT2D eigenvalue weighted by Gasteiger charge is 2.24. The molecule has 0 aromatic rings. The van der Waals surface area contributed by atoms with Crippen LogP contribution in [0, 0.1) is 5.92 Å². The highest BCUT2D eigenvalue weighted by molar-refractivity contribution is 5.75. The van der Waals surface area contributed by atoms with Gasteiger partial charge in [-0.25, -0.2) is 0 Å². The summed E-state index contributed by atoms with van der Waals surface area (Å²) in [6.07, 6.45) is 7.45. The van der Waals surface area contributed by atoms with Gasteiger partial charge in [-0.15, -0.1) is 0 Å². The van der Waals surface area contributed by atoms with Gasteiger partial charge in [0.2, 0.25) is 0 Å². The zero-order chi connectivity index (χ0) is 13.4. The lowest BCUT2D eigenvalue weighted by molar-refractivity contribution is -0.143. The molecule has 0 spiro atoms. The van der Waals surface area contributed by atoms with E-state index in [0.29, 0.717) is 5.92 Å². The lowest BCUT2D eigenvalue weighted by atomic mass is 9.85. The molecule has 1 aliphatic carbocycles. The summed E-state index contributed by atoms with van der Waals surface area (Å²) in [5.74, 6) is 0.578. The highest BCUT2D eigenvalue weighted by atomic mass is 16.5. The molecule has 0 aromatic heterocycles. The van der Waals surface area contributed by atoms with Crippen LogP contribution in [0.5, 0.6) is 0 Å². The summed E-state index contributed by atoms with van der Waals surface area (Å²) in [6, 6.07) is -0.127. The van der Waals surface area contributed by atoms with Crippen molar-refractivity contribution in [3.8, 4) is 0 Å². The number of likely N-dealkylation sites (N-methyl/N-ethyl adjacent to an activating group) is 1. The number of esters is 1. The number of hydrogen-bond acceptors (Lipinski definition) is 4. The van der Waals surface area contributed by atoms with Crippen LogP contribution in [0.25, 0.3) is 0 Å². The molecule has 0 saturated heterocycles. The van der Waals surface area contributed by atoms with E-state index < -0.39 is 0 Å². The molecule has 0 radical (unpaired) electrons. The highest BCUT2D eigenvalue weighted by Crippen LogP contribution is 2.27. The minimum atomic E-state index is -0.127. The maximum absolute atomic E-state index is 11.8. The SMILES string of the molecule is COC(=O)C(CC1CCCCC1)NCCN(C)C. The van der Waals surface area contributed by atoms with Crippen molar-refractivity contribution in [2.24, 2.45) is 5.92 Å². The van der Waals surface area contributed by atoms with E-state index in [1.165, 1.54) is 39.2 Å². The van der Waals surface area contributed by atoms with Crippen molar-refractivity contribution in [1.29, 1.82) is 0 Å². The van der Waals surface area contributed by atoms with E-state index in [9.17, 15) is 4.79 Å². The van der Waals surface area contributed by atoms with E-state index in [1.807, 2.05) is 14.1 Å². The van der Waals surface area contributed by atoms with Gasteiger partial charge in [-0.2, -0.15) is 0 Å². The van der Waals surface area contributed by atoms with Crippen LogP contribution in [-0.4, -0.2) is 51.2 Å². The van der Waals surface area contributed by atoms with Crippen molar-refractivity contribution in [2.45, 2.75) is 44.6 Å². The fourth-order valence-electron chi connectivity index (χ4n) is 2.62. The summed E-state index contributed by atoms with van der Waals surface area (Å²) in [6.45, 7) is 1.78. The first-order valence-electron chi connectivity index (χ1n) is 7.09. The normalized spacial score (nSPS) is 18.9. The predicted octanol–water partition coefficient (Wildman–Crippen LogP) is 1.65. The van der Waals surface area contributed by atoms with Gasteiger partial charge < -0.3 is 15.0 Å². The molecule has 0 heterocycles. The second-order valence-electron chi connectivity index (χ2n) is 5.57. The van der Waals surface area contributed by atoms with Gasteiger partial charge >= 0.3 is 5.97 Å². The third-order valence-electron chi connectivity index (χ3n) is 3.73. The Kier molecular flexibility index (Phi) is 7.28. The Labute approximate surface area is 111 Å². The third-order valence-corrected chi connectivity index (χ3v) is 3.73. The number of carbonyl (C=O) groups is 1. The summed E-state index contributed by atoms with van der Waals surface area (Å²) in [5.41, 5.74) is 0. The van der Waals surface area contributed by atoms with E-state index in [1.54, 1.807) is 0 Å². The van der Waals surface area contributed by atoms with Crippen molar-refractivity contribution in [3.05, 3.63) is 0 Å². The third kappa shape index (κ3) is 5.83. The smallest absolute Gasteiger partial charge is 0.322 e. The molecule has 1 N–H and O–H groups in total. The Morgan fingerprint density at radius 3 is 2.56 bits per heavy atom. The topological polar surface area (TPSA) is 41.6 Å². The van der Waals surface area contributed by atoms with Gasteiger partial charge in [0.15, 0.2) is 0 Å². The van der Waals surface area contributed by atoms with Crippen LogP contribution in [0.2, 0.25) is 0 Å². The molecule has 1 fully saturated rings. The summed E-state index contributed by atoms with van der Waals surface area (Å²) in [7, 11) is 5.55. The number of carbonyl (C=O) groups excluding carboxylic acids is 1. The Morgan fingerprint density at radius 2 is 2.00 bits per heavy atom. The van der Waals surface area contributed by atoms with E-state index in [2.05, 4.69) is 10.2 Å². The molecule has 1 rings (SSSR count). The molecule has 0 bridgehead atoms. The van der Waals surface area contributed by atoms with Gasteiger partial charge in [-0.3, -0.25) is 4.79 Å². The largest absolute Gasteiger partial charge is 0.468 e. The first kappa shape index (κ1) is 15.4. The summed E-state index contributed by atoms with van der Waals surface area (Å²) < 4.78 is 4.90. The van der Waals surface area contributed by atoms with Gasteiger partial charge in [0.1, 0.15) is 6.04 Å². The second kappa shape index (κ2) is 8.48. The minimum Gasteiger partial charge on any atom is -0.468 e. The minimum absolute atomic E-state index is 0.112. The zero-order valence-electron chi connectivity index (χ0n) is 12.1. The number of hydrogen-bond donors (Lipinski definition) is 1. The van der Waals surface area contributed by atoms with Crippen LogP contribution in [0.3, 0.4) is 0 Å². The summed E-state index contributed by atoms with van der Waals surface area (Å²) >= 11 is 0. The summed E-state index contributed by atoms with van der Waals surface area (Å²) in [5, 5.41) is 3.33. The van der Waals surface area contributed by atoms with Crippen LogP contribution in [0.1, 0.15) is 38.5 Å². The van der Waals surface area contributed by atoms with Gasteiger partial charge in [0.25, 0.3) is 0 Å². The molecule has 4 heteroatoms. The van der Waals surface area contributed by atoms with E-state index in [0.717, 1.165) is 19.5 Å². The maximum atomic E-state index is 11.8. The van der Waals surface area contributed by atoms with Crippen molar-refractivity contribution >= 4 is 5.97 Å². The standard InChI is InChI=1S/C14H28N2O2/c1-16(2)10-9-15-13(14(17)18-3)11-12-7-5-4-6-8-12/h12-13,15H,4-11H2,1-3H3. The number of nitrogens with one attached hydrogen (secondary N) is 1. The molecule has 1 saturated carbocycles. The molecular formula is C14H28N2O2. The Hall–Kier alpha value is -0.610. The fourth-order valence-corrected chi connectivity index (χ4v) is 2.62. The first-order valence-corrected chi connectivity index (χ1v) is 7.09. The molecule has 0 amide bonds. The molecule has 0 aromatic carbocycles. The van der Waals surface area contributed by atoms with E-state index >= 15 is 0 Å². The van der Waals surface area contributed by atoms with Crippen LogP contribution >= 0.6 is 0 Å². The van der Waals surface area contributed by atoms with E-state index in [-0.39, 0.29) is 12.0 Å². The van der Waals surface area contributed by atoms with Crippen LogP contribution < -0.4 is 5.32 Å². The van der Waals surface area contributed by atoms with Gasteiger partial charge in [-0.05, 0) is 26.4 Å². The average molecular weight is 256 g/mol. The number of nitrogens with zero attached hydrogens (tertiary/aromatic N) is 1. The van der Waals surface area contributed by atoms with Gasteiger partial charge in [0.05, 0.1) is 7.11 Å². The Bertz CT molecular complexity index is 238. The van der Waals surface area contributed by atoms with Crippen LogP contribution in [0.4, 0.5) is 0 Å². The number of ether oxygens (including phenoxy) is 1. The van der Waals surface area contributed by atoms with Crippen molar-refractivity contribution in [1.82, 2.24) is 10.2 Å². The molecular weight excluding hydrogens is 228 g/mol. The Morgan fingerprint density at radius 1 is 1.33 bits per heavy atom. The number of rotatable bonds is 7. The molecule has 0 aliphatic heterocycles. The first-order chi connectivity index (χ1) is 8.63. The van der Waals surface area contributed by atoms with Crippen molar-refractivity contribution in [3.63, 3.8) is 0 Å². The maximum Gasteiger partial charge on any atom is 0.322 e. The van der Waals surface area contributed by atoms with Gasteiger partial charge in [-0.1, -0.05) is 32.1 Å².